The monoisotopic (exact) mass is 432 g/mol. The molecule has 1 unspecified atom stereocenters. The summed E-state index contributed by atoms with van der Waals surface area (Å²) in [7, 11) is 1.60. The van der Waals surface area contributed by atoms with Crippen LogP contribution in [0.3, 0.4) is 0 Å². The Labute approximate surface area is 177 Å². The maximum absolute atomic E-state index is 14.2. The first-order valence-electron chi connectivity index (χ1n) is 9.75. The van der Waals surface area contributed by atoms with Crippen LogP contribution in [-0.2, 0) is 16.0 Å². The second-order valence-electron chi connectivity index (χ2n) is 7.35. The molecule has 8 heteroatoms. The third-order valence-corrected chi connectivity index (χ3v) is 6.18. The van der Waals surface area contributed by atoms with Gasteiger partial charge in [-0.1, -0.05) is 23.5 Å². The highest BCUT2D eigenvalue weighted by Crippen LogP contribution is 2.32. The van der Waals surface area contributed by atoms with Crippen LogP contribution in [0, 0.1) is 18.6 Å². The Balaban J connectivity index is 1.64. The van der Waals surface area contributed by atoms with Crippen molar-refractivity contribution in [1.82, 2.24) is 4.98 Å². The number of amides is 1. The topological polar surface area (TPSA) is 51.7 Å². The summed E-state index contributed by atoms with van der Waals surface area (Å²) in [6.07, 6.45) is 1.84. The lowest BCUT2D eigenvalue weighted by Gasteiger charge is -2.23. The van der Waals surface area contributed by atoms with E-state index in [-0.39, 0.29) is 23.9 Å². The number of aryl methyl sites for hydroxylation is 1. The van der Waals surface area contributed by atoms with E-state index in [0.717, 1.165) is 47.1 Å². The van der Waals surface area contributed by atoms with Crippen LogP contribution in [0.1, 0.15) is 24.0 Å². The third-order valence-electron chi connectivity index (χ3n) is 5.16. The zero-order valence-electron chi connectivity index (χ0n) is 16.8. The first-order chi connectivity index (χ1) is 14.4. The molecule has 0 spiro atoms. The maximum Gasteiger partial charge on any atom is 0.233 e. The quantitative estimate of drug-likeness (QED) is 0.569. The summed E-state index contributed by atoms with van der Waals surface area (Å²) in [6, 6.07) is 7.63. The average Bonchev–Trinajstić information content (AvgIpc) is 3.35. The second-order valence-corrected chi connectivity index (χ2v) is 8.36. The number of halogens is 2. The number of fused-ring (bicyclic) bond motifs is 1. The van der Waals surface area contributed by atoms with Crippen molar-refractivity contribution in [2.45, 2.75) is 32.3 Å². The van der Waals surface area contributed by atoms with Crippen molar-refractivity contribution < 1.29 is 23.0 Å². The van der Waals surface area contributed by atoms with Crippen LogP contribution < -0.4 is 9.64 Å². The number of anilines is 1. The number of hydrogen-bond donors (Lipinski definition) is 0. The van der Waals surface area contributed by atoms with Gasteiger partial charge in [0, 0.05) is 12.7 Å². The van der Waals surface area contributed by atoms with E-state index in [0.29, 0.717) is 23.0 Å². The van der Waals surface area contributed by atoms with Gasteiger partial charge in [-0.3, -0.25) is 9.69 Å². The standard InChI is InChI=1S/C22H22F2N2O3S/c1-13-8-14(5-6-18(13)28-2)9-20(27)26(12-16-4-3-7-29-16)22-25-21-17(24)10-15(23)11-19(21)30-22/h5-6,8,10-11,16H,3-4,7,9,12H2,1-2H3. The number of methoxy groups -OCH3 is 1. The Hall–Kier alpha value is -2.58. The third kappa shape index (κ3) is 4.29. The lowest BCUT2D eigenvalue weighted by atomic mass is 10.1. The molecule has 2 heterocycles. The van der Waals surface area contributed by atoms with Gasteiger partial charge in [-0.25, -0.2) is 13.8 Å². The van der Waals surface area contributed by atoms with E-state index in [1.165, 1.54) is 11.0 Å². The Kier molecular flexibility index (Phi) is 5.97. The van der Waals surface area contributed by atoms with Crippen molar-refractivity contribution in [2.75, 3.05) is 25.2 Å². The van der Waals surface area contributed by atoms with Gasteiger partial charge in [-0.15, -0.1) is 0 Å². The summed E-state index contributed by atoms with van der Waals surface area (Å²) in [4.78, 5) is 19.1. The zero-order valence-corrected chi connectivity index (χ0v) is 17.6. The first kappa shape index (κ1) is 20.7. The van der Waals surface area contributed by atoms with Crippen molar-refractivity contribution in [3.05, 3.63) is 53.1 Å². The van der Waals surface area contributed by atoms with E-state index in [1.807, 2.05) is 25.1 Å². The largest absolute Gasteiger partial charge is 0.496 e. The van der Waals surface area contributed by atoms with E-state index in [4.69, 9.17) is 9.47 Å². The van der Waals surface area contributed by atoms with Crippen molar-refractivity contribution in [3.63, 3.8) is 0 Å². The smallest absolute Gasteiger partial charge is 0.233 e. The van der Waals surface area contributed by atoms with Crippen LogP contribution in [0.2, 0.25) is 0 Å². The molecule has 1 aliphatic heterocycles. The SMILES string of the molecule is COc1ccc(CC(=O)N(CC2CCCO2)c2nc3c(F)cc(F)cc3s2)cc1C. The molecule has 2 aromatic carbocycles. The molecule has 5 nitrogen and oxygen atoms in total. The van der Waals surface area contributed by atoms with Gasteiger partial charge in [0.2, 0.25) is 5.91 Å². The molecule has 1 amide bonds. The summed E-state index contributed by atoms with van der Waals surface area (Å²) >= 11 is 1.10. The molecule has 4 rings (SSSR count). The van der Waals surface area contributed by atoms with Crippen LogP contribution in [0.5, 0.6) is 5.75 Å². The van der Waals surface area contributed by atoms with Crippen molar-refractivity contribution >= 4 is 32.6 Å². The minimum atomic E-state index is -0.734. The number of aromatic nitrogens is 1. The van der Waals surface area contributed by atoms with Gasteiger partial charge in [0.1, 0.15) is 17.1 Å². The van der Waals surface area contributed by atoms with E-state index in [9.17, 15) is 13.6 Å². The Morgan fingerprint density at radius 1 is 1.33 bits per heavy atom. The van der Waals surface area contributed by atoms with Gasteiger partial charge in [0.05, 0.1) is 30.9 Å². The number of benzene rings is 2. The Bertz CT molecular complexity index is 1080. The number of carbonyl (C=O) groups excluding carboxylic acids is 1. The fraction of sp³-hybridized carbons (Fsp3) is 0.364. The number of thiazole rings is 1. The van der Waals surface area contributed by atoms with Crippen molar-refractivity contribution in [2.24, 2.45) is 0 Å². The summed E-state index contributed by atoms with van der Waals surface area (Å²) in [5.74, 6) is -0.815. The number of carbonyl (C=O) groups is 1. The number of hydrogen-bond acceptors (Lipinski definition) is 5. The molecule has 158 valence electrons. The van der Waals surface area contributed by atoms with Crippen molar-refractivity contribution in [3.8, 4) is 5.75 Å². The zero-order chi connectivity index (χ0) is 21.3. The van der Waals surface area contributed by atoms with Gasteiger partial charge >= 0.3 is 0 Å². The van der Waals surface area contributed by atoms with Crippen LogP contribution >= 0.6 is 11.3 Å². The summed E-state index contributed by atoms with van der Waals surface area (Å²) in [6.45, 7) is 2.91. The molecule has 0 saturated carbocycles. The van der Waals surface area contributed by atoms with Crippen LogP contribution in [-0.4, -0.2) is 37.3 Å². The molecule has 3 aromatic rings. The molecule has 1 fully saturated rings. The molecule has 0 bridgehead atoms. The molecule has 0 N–H and O–H groups in total. The number of nitrogens with zero attached hydrogens (tertiary/aromatic N) is 2. The number of rotatable bonds is 6. The Morgan fingerprint density at radius 2 is 2.17 bits per heavy atom. The fourth-order valence-corrected chi connectivity index (χ4v) is 4.69. The predicted molar refractivity (Wildman–Crippen MR) is 112 cm³/mol. The highest BCUT2D eigenvalue weighted by atomic mass is 32.1. The molecule has 0 aliphatic carbocycles. The molecule has 1 aliphatic rings. The molecular formula is C22H22F2N2O3S. The highest BCUT2D eigenvalue weighted by Gasteiger charge is 2.27. The maximum atomic E-state index is 14.2. The minimum absolute atomic E-state index is 0.0711. The molecule has 0 radical (unpaired) electrons. The molecule has 1 saturated heterocycles. The average molecular weight is 432 g/mol. The molecule has 30 heavy (non-hydrogen) atoms. The number of ether oxygens (including phenoxy) is 2. The van der Waals surface area contributed by atoms with E-state index in [1.54, 1.807) is 7.11 Å². The summed E-state index contributed by atoms with van der Waals surface area (Å²) in [5, 5.41) is 0.347. The van der Waals surface area contributed by atoms with Crippen LogP contribution in [0.15, 0.2) is 30.3 Å². The van der Waals surface area contributed by atoms with Crippen LogP contribution in [0.4, 0.5) is 13.9 Å². The van der Waals surface area contributed by atoms with Gasteiger partial charge in [0.15, 0.2) is 10.9 Å². The van der Waals surface area contributed by atoms with Gasteiger partial charge in [-0.2, -0.15) is 0 Å². The highest BCUT2D eigenvalue weighted by molar-refractivity contribution is 7.22. The molecule has 1 aromatic heterocycles. The predicted octanol–water partition coefficient (Wildman–Crippen LogP) is 4.65. The lowest BCUT2D eigenvalue weighted by molar-refractivity contribution is -0.118. The van der Waals surface area contributed by atoms with E-state index in [2.05, 4.69) is 4.98 Å². The minimum Gasteiger partial charge on any atom is -0.496 e. The van der Waals surface area contributed by atoms with Crippen LogP contribution in [0.25, 0.3) is 10.2 Å². The molecule has 1 atom stereocenters. The normalized spacial score (nSPS) is 16.2. The van der Waals surface area contributed by atoms with Gasteiger partial charge in [-0.05, 0) is 43.0 Å². The van der Waals surface area contributed by atoms with E-state index < -0.39 is 11.6 Å². The van der Waals surface area contributed by atoms with E-state index >= 15 is 0 Å². The first-order valence-corrected chi connectivity index (χ1v) is 10.6. The summed E-state index contributed by atoms with van der Waals surface area (Å²) < 4.78 is 39.1. The molecular weight excluding hydrogens is 410 g/mol. The fourth-order valence-electron chi connectivity index (χ4n) is 3.66. The summed E-state index contributed by atoms with van der Waals surface area (Å²) in [5.41, 5.74) is 1.85. The lowest BCUT2D eigenvalue weighted by Crippen LogP contribution is -2.38. The van der Waals surface area contributed by atoms with Crippen molar-refractivity contribution in [1.29, 1.82) is 0 Å². The van der Waals surface area contributed by atoms with Gasteiger partial charge < -0.3 is 9.47 Å². The second kappa shape index (κ2) is 8.65. The van der Waals surface area contributed by atoms with Gasteiger partial charge in [0.25, 0.3) is 0 Å². The Morgan fingerprint density at radius 3 is 2.87 bits per heavy atom.